The lowest BCUT2D eigenvalue weighted by atomic mass is 10.0. The van der Waals surface area contributed by atoms with Crippen LogP contribution in [0.3, 0.4) is 0 Å². The quantitative estimate of drug-likeness (QED) is 0.252. The van der Waals surface area contributed by atoms with Crippen LogP contribution in [0.4, 0.5) is 15.8 Å². The van der Waals surface area contributed by atoms with Gasteiger partial charge in [0.05, 0.1) is 41.5 Å². The Bertz CT molecular complexity index is 1270. The second-order valence-corrected chi connectivity index (χ2v) is 8.89. The number of fused-ring (bicyclic) bond motifs is 1. The number of amides is 2. The van der Waals surface area contributed by atoms with Crippen molar-refractivity contribution in [3.05, 3.63) is 66.4 Å². The first-order valence-electron chi connectivity index (χ1n) is 11.7. The third kappa shape index (κ3) is 6.27. The van der Waals surface area contributed by atoms with E-state index in [0.717, 1.165) is 5.69 Å². The van der Waals surface area contributed by atoms with Crippen molar-refractivity contribution in [2.45, 2.75) is 32.7 Å². The third-order valence-electron chi connectivity index (χ3n) is 5.49. The second kappa shape index (κ2) is 12.1. The Morgan fingerprint density at radius 3 is 2.76 bits per heavy atom. The summed E-state index contributed by atoms with van der Waals surface area (Å²) < 4.78 is 25.6. The summed E-state index contributed by atoms with van der Waals surface area (Å²) >= 11 is 0. The molecule has 4 N–H and O–H groups in total. The van der Waals surface area contributed by atoms with E-state index in [0.29, 0.717) is 53.3 Å². The van der Waals surface area contributed by atoms with E-state index >= 15 is 0 Å². The highest BCUT2D eigenvalue weighted by molar-refractivity contribution is 6.06. The molecular formula is C27H32FN5O4. The summed E-state index contributed by atoms with van der Waals surface area (Å²) in [5.74, 6) is -0.278. The molecule has 0 atom stereocenters. The van der Waals surface area contributed by atoms with Gasteiger partial charge >= 0.3 is 0 Å². The van der Waals surface area contributed by atoms with E-state index in [9.17, 15) is 14.0 Å². The molecular weight excluding hydrogens is 477 g/mol. The summed E-state index contributed by atoms with van der Waals surface area (Å²) in [6.07, 6.45) is 6.16. The molecule has 0 saturated heterocycles. The van der Waals surface area contributed by atoms with E-state index in [2.05, 4.69) is 32.5 Å². The molecule has 1 aliphatic heterocycles. The molecule has 3 heterocycles. The maximum absolute atomic E-state index is 14.3. The number of para-hydroxylation sites is 1. The SMILES string of the molecule is C=CC.COc1c(F)cccc1Nc1c(-c2ccncc2OCC(C)(C)NC=O)[nH]c2c1C(=O)NCC2. The maximum Gasteiger partial charge on any atom is 0.255 e. The molecule has 0 unspecified atom stereocenters. The van der Waals surface area contributed by atoms with Crippen LogP contribution in [0.15, 0.2) is 49.3 Å². The first-order chi connectivity index (χ1) is 17.8. The van der Waals surface area contributed by atoms with E-state index in [1.807, 2.05) is 20.8 Å². The predicted molar refractivity (Wildman–Crippen MR) is 141 cm³/mol. The van der Waals surface area contributed by atoms with Crippen molar-refractivity contribution in [1.29, 1.82) is 0 Å². The average Bonchev–Trinajstić information content (AvgIpc) is 3.23. The Morgan fingerprint density at radius 1 is 1.30 bits per heavy atom. The normalized spacial score (nSPS) is 12.3. The largest absolute Gasteiger partial charge is 0.492 e. The Kier molecular flexibility index (Phi) is 8.89. The third-order valence-corrected chi connectivity index (χ3v) is 5.49. The van der Waals surface area contributed by atoms with Crippen LogP contribution in [-0.2, 0) is 11.2 Å². The maximum atomic E-state index is 14.3. The molecule has 3 aromatic rings. The van der Waals surface area contributed by atoms with Crippen molar-refractivity contribution in [2.75, 3.05) is 25.6 Å². The molecule has 9 nitrogen and oxygen atoms in total. The van der Waals surface area contributed by atoms with Crippen LogP contribution in [0, 0.1) is 5.82 Å². The summed E-state index contributed by atoms with van der Waals surface area (Å²) in [6.45, 7) is 9.60. The van der Waals surface area contributed by atoms with Crippen LogP contribution >= 0.6 is 0 Å². The first-order valence-corrected chi connectivity index (χ1v) is 11.7. The van der Waals surface area contributed by atoms with Crippen LogP contribution in [0.1, 0.15) is 36.8 Å². The van der Waals surface area contributed by atoms with Gasteiger partial charge in [-0.15, -0.1) is 6.58 Å². The molecule has 0 bridgehead atoms. The number of aromatic nitrogens is 2. The molecule has 37 heavy (non-hydrogen) atoms. The van der Waals surface area contributed by atoms with Crippen LogP contribution in [0.25, 0.3) is 11.3 Å². The number of nitrogens with one attached hydrogen (secondary N) is 4. The number of pyridine rings is 1. The number of carbonyl (C=O) groups is 2. The zero-order valence-corrected chi connectivity index (χ0v) is 21.4. The number of aromatic amines is 1. The van der Waals surface area contributed by atoms with E-state index < -0.39 is 11.4 Å². The lowest BCUT2D eigenvalue weighted by molar-refractivity contribution is -0.111. The Hall–Kier alpha value is -4.34. The molecule has 2 amide bonds. The molecule has 1 aromatic carbocycles. The standard InChI is InChI=1S/C24H26FN5O4.C3H6/c1-24(2,28-13-31)12-34-18-11-26-9-7-14(18)20-21(19-16(29-20)8-10-27-23(19)32)30-17-6-4-5-15(25)22(17)33-3;1-3-2/h4-7,9,11,13,29-30H,8,10,12H2,1-3H3,(H,27,32)(H,28,31);3H,1H2,2H3. The van der Waals surface area contributed by atoms with Gasteiger partial charge in [0.25, 0.3) is 5.91 Å². The summed E-state index contributed by atoms with van der Waals surface area (Å²) in [7, 11) is 1.38. The number of ether oxygens (including phenoxy) is 2. The molecule has 1 aliphatic rings. The fourth-order valence-electron chi connectivity index (χ4n) is 3.82. The van der Waals surface area contributed by atoms with Crippen molar-refractivity contribution in [2.24, 2.45) is 0 Å². The number of hydrogen-bond donors (Lipinski definition) is 4. The highest BCUT2D eigenvalue weighted by Gasteiger charge is 2.29. The lowest BCUT2D eigenvalue weighted by Gasteiger charge is -2.24. The minimum absolute atomic E-state index is 0.0347. The van der Waals surface area contributed by atoms with Crippen LogP contribution in [-0.4, -0.2) is 48.1 Å². The van der Waals surface area contributed by atoms with Crippen molar-refractivity contribution in [3.63, 3.8) is 0 Å². The van der Waals surface area contributed by atoms with Gasteiger partial charge in [-0.3, -0.25) is 14.6 Å². The summed E-state index contributed by atoms with van der Waals surface area (Å²) in [5.41, 5.74) is 2.67. The molecule has 0 radical (unpaired) electrons. The van der Waals surface area contributed by atoms with Crippen molar-refractivity contribution in [1.82, 2.24) is 20.6 Å². The number of hydrogen-bond acceptors (Lipinski definition) is 6. The van der Waals surface area contributed by atoms with Crippen molar-refractivity contribution in [3.8, 4) is 22.8 Å². The fourth-order valence-corrected chi connectivity index (χ4v) is 3.82. The number of carbonyl (C=O) groups excluding carboxylic acids is 2. The molecule has 10 heteroatoms. The summed E-state index contributed by atoms with van der Waals surface area (Å²) in [4.78, 5) is 31.2. The van der Waals surface area contributed by atoms with Gasteiger partial charge in [-0.25, -0.2) is 4.39 Å². The van der Waals surface area contributed by atoms with Crippen LogP contribution in [0.5, 0.6) is 11.5 Å². The molecule has 0 fully saturated rings. The zero-order chi connectivity index (χ0) is 27.0. The van der Waals surface area contributed by atoms with Gasteiger partial charge in [-0.1, -0.05) is 12.1 Å². The lowest BCUT2D eigenvalue weighted by Crippen LogP contribution is -2.43. The topological polar surface area (TPSA) is 117 Å². The molecule has 0 aliphatic carbocycles. The van der Waals surface area contributed by atoms with E-state index in [1.165, 1.54) is 13.2 Å². The number of nitrogens with zero attached hydrogens (tertiary/aromatic N) is 1. The van der Waals surface area contributed by atoms with Crippen molar-refractivity contribution >= 4 is 23.7 Å². The molecule has 4 rings (SSSR count). The van der Waals surface area contributed by atoms with Crippen molar-refractivity contribution < 1.29 is 23.5 Å². The predicted octanol–water partition coefficient (Wildman–Crippen LogP) is 4.35. The van der Waals surface area contributed by atoms with Gasteiger partial charge in [-0.05, 0) is 39.0 Å². The summed E-state index contributed by atoms with van der Waals surface area (Å²) in [6, 6.07) is 6.29. The molecule has 0 saturated carbocycles. The monoisotopic (exact) mass is 509 g/mol. The minimum atomic E-state index is -0.611. The van der Waals surface area contributed by atoms with Gasteiger partial charge in [-0.2, -0.15) is 0 Å². The molecule has 2 aromatic heterocycles. The van der Waals surface area contributed by atoms with Gasteiger partial charge in [0.2, 0.25) is 6.41 Å². The number of H-pyrrole nitrogens is 1. The molecule has 196 valence electrons. The smallest absolute Gasteiger partial charge is 0.255 e. The van der Waals surface area contributed by atoms with Gasteiger partial charge in [0, 0.05) is 30.4 Å². The average molecular weight is 510 g/mol. The number of anilines is 2. The number of allylic oxidation sites excluding steroid dienone is 1. The van der Waals surface area contributed by atoms with Gasteiger partial charge in [0.15, 0.2) is 11.6 Å². The van der Waals surface area contributed by atoms with Crippen LogP contribution in [0.2, 0.25) is 0 Å². The zero-order valence-electron chi connectivity index (χ0n) is 21.4. The number of rotatable bonds is 9. The summed E-state index contributed by atoms with van der Waals surface area (Å²) in [5, 5.41) is 8.76. The van der Waals surface area contributed by atoms with Gasteiger partial charge in [0.1, 0.15) is 12.4 Å². The Balaban J connectivity index is 0.00000121. The van der Waals surface area contributed by atoms with E-state index in [4.69, 9.17) is 9.47 Å². The van der Waals surface area contributed by atoms with E-state index in [-0.39, 0.29) is 18.3 Å². The fraction of sp³-hybridized carbons (Fsp3) is 0.296. The number of halogens is 1. The highest BCUT2D eigenvalue weighted by atomic mass is 19.1. The van der Waals surface area contributed by atoms with E-state index in [1.54, 1.807) is 36.7 Å². The van der Waals surface area contributed by atoms with Gasteiger partial charge < -0.3 is 30.4 Å². The second-order valence-electron chi connectivity index (χ2n) is 8.89. The highest BCUT2D eigenvalue weighted by Crippen LogP contribution is 2.42. The number of benzene rings is 1. The minimum Gasteiger partial charge on any atom is -0.492 e. The molecule has 0 spiro atoms. The first kappa shape index (κ1) is 27.3. The van der Waals surface area contributed by atoms with Crippen LogP contribution < -0.4 is 25.4 Å². The Morgan fingerprint density at radius 2 is 2.05 bits per heavy atom. The Labute approximate surface area is 215 Å². The number of methoxy groups -OCH3 is 1.